The summed E-state index contributed by atoms with van der Waals surface area (Å²) in [4.78, 5) is 8.75. The Bertz CT molecular complexity index is 495. The highest BCUT2D eigenvalue weighted by atomic mass is 15.4. The number of nitrogens with zero attached hydrogens (tertiary/aromatic N) is 5. The zero-order valence-corrected chi connectivity index (χ0v) is 11.3. The average Bonchev–Trinajstić information content (AvgIpc) is 2.89. The van der Waals surface area contributed by atoms with Gasteiger partial charge in [-0.15, -0.1) is 5.10 Å². The third-order valence-corrected chi connectivity index (χ3v) is 2.51. The van der Waals surface area contributed by atoms with Crippen LogP contribution in [0.4, 0.5) is 11.8 Å². The average molecular weight is 261 g/mol. The highest BCUT2D eigenvalue weighted by molar-refractivity contribution is 5.41. The summed E-state index contributed by atoms with van der Waals surface area (Å²) < 4.78 is 1.78. The molecule has 0 amide bonds. The van der Waals surface area contributed by atoms with Gasteiger partial charge in [-0.1, -0.05) is 12.1 Å². The number of hydrogen-bond donors (Lipinski definition) is 2. The molecule has 2 aromatic rings. The molecule has 2 rings (SSSR count). The molecule has 0 atom stereocenters. The summed E-state index contributed by atoms with van der Waals surface area (Å²) in [6, 6.07) is 1.93. The van der Waals surface area contributed by atoms with Gasteiger partial charge in [0.25, 0.3) is 0 Å². The van der Waals surface area contributed by atoms with Gasteiger partial charge in [-0.05, 0) is 13.3 Å². The molecule has 7 nitrogen and oxygen atoms in total. The molecule has 0 spiro atoms. The second kappa shape index (κ2) is 6.67. The molecule has 0 unspecified atom stereocenters. The van der Waals surface area contributed by atoms with Crippen LogP contribution in [0.1, 0.15) is 19.0 Å². The molecule has 0 saturated heterocycles. The molecule has 19 heavy (non-hydrogen) atoms. The van der Waals surface area contributed by atoms with Gasteiger partial charge in [-0.25, -0.2) is 4.98 Å². The first-order chi connectivity index (χ1) is 9.28. The molecule has 0 aliphatic rings. The van der Waals surface area contributed by atoms with Crippen LogP contribution in [0.25, 0.3) is 0 Å². The van der Waals surface area contributed by atoms with Gasteiger partial charge in [0.2, 0.25) is 5.95 Å². The van der Waals surface area contributed by atoms with Crippen molar-refractivity contribution in [3.8, 4) is 0 Å². The molecule has 0 aliphatic carbocycles. The van der Waals surface area contributed by atoms with Gasteiger partial charge in [0.15, 0.2) is 0 Å². The Morgan fingerprint density at radius 2 is 2.11 bits per heavy atom. The minimum Gasteiger partial charge on any atom is -0.368 e. The molecule has 0 aliphatic heterocycles. The summed E-state index contributed by atoms with van der Waals surface area (Å²) in [5.41, 5.74) is 0.942. The maximum Gasteiger partial charge on any atom is 0.224 e. The van der Waals surface area contributed by atoms with E-state index < -0.39 is 0 Å². The summed E-state index contributed by atoms with van der Waals surface area (Å²) in [5.74, 6) is 1.50. The first-order valence-corrected chi connectivity index (χ1v) is 6.45. The molecular formula is C12H19N7. The number of hydrogen-bond acceptors (Lipinski definition) is 6. The van der Waals surface area contributed by atoms with E-state index in [1.54, 1.807) is 10.9 Å². The largest absolute Gasteiger partial charge is 0.368 e. The first-order valence-electron chi connectivity index (χ1n) is 6.45. The van der Waals surface area contributed by atoms with Gasteiger partial charge in [-0.2, -0.15) is 4.98 Å². The monoisotopic (exact) mass is 261 g/mol. The lowest BCUT2D eigenvalue weighted by atomic mass is 10.4. The van der Waals surface area contributed by atoms with Crippen molar-refractivity contribution >= 4 is 11.8 Å². The Morgan fingerprint density at radius 3 is 2.84 bits per heavy atom. The van der Waals surface area contributed by atoms with Gasteiger partial charge in [-0.3, -0.25) is 4.68 Å². The van der Waals surface area contributed by atoms with Crippen molar-refractivity contribution in [2.45, 2.75) is 26.8 Å². The van der Waals surface area contributed by atoms with Gasteiger partial charge in [0.05, 0.1) is 12.7 Å². The fraction of sp³-hybridized carbons (Fsp3) is 0.500. The number of rotatable bonds is 7. The van der Waals surface area contributed by atoms with Gasteiger partial charge >= 0.3 is 0 Å². The van der Waals surface area contributed by atoms with Crippen molar-refractivity contribution in [1.82, 2.24) is 25.0 Å². The molecule has 0 bridgehead atoms. The van der Waals surface area contributed by atoms with Crippen LogP contribution in [0.15, 0.2) is 18.5 Å². The molecule has 2 N–H and O–H groups in total. The minimum absolute atomic E-state index is 0.671. The van der Waals surface area contributed by atoms with E-state index in [1.165, 1.54) is 0 Å². The van der Waals surface area contributed by atoms with Crippen molar-refractivity contribution in [1.29, 1.82) is 0 Å². The predicted octanol–water partition coefficient (Wildman–Crippen LogP) is 1.31. The van der Waals surface area contributed by atoms with Crippen LogP contribution >= 0.6 is 0 Å². The standard InChI is InChI=1S/C12H19N7/c1-3-4-14-12-16-10(2)9-11(17-12)13-5-7-19-8-6-15-18-19/h6,8-9H,3-5,7H2,1-2H3,(H2,13,14,16,17). The number of anilines is 2. The van der Waals surface area contributed by atoms with Crippen LogP contribution in [0, 0.1) is 6.92 Å². The van der Waals surface area contributed by atoms with E-state index in [9.17, 15) is 0 Å². The highest BCUT2D eigenvalue weighted by Gasteiger charge is 2.01. The Hall–Kier alpha value is -2.18. The predicted molar refractivity (Wildman–Crippen MR) is 74.1 cm³/mol. The van der Waals surface area contributed by atoms with Crippen molar-refractivity contribution < 1.29 is 0 Å². The zero-order chi connectivity index (χ0) is 13.5. The summed E-state index contributed by atoms with van der Waals surface area (Å²) in [6.07, 6.45) is 4.55. The van der Waals surface area contributed by atoms with Crippen LogP contribution in [-0.4, -0.2) is 38.1 Å². The van der Waals surface area contributed by atoms with E-state index in [1.807, 2.05) is 19.2 Å². The topological polar surface area (TPSA) is 80.5 Å². The van der Waals surface area contributed by atoms with Crippen molar-refractivity contribution in [3.05, 3.63) is 24.2 Å². The number of aromatic nitrogens is 5. The molecule has 2 heterocycles. The van der Waals surface area contributed by atoms with Gasteiger partial charge in [0.1, 0.15) is 5.82 Å². The fourth-order valence-corrected chi connectivity index (χ4v) is 1.63. The lowest BCUT2D eigenvalue weighted by Gasteiger charge is -2.09. The molecule has 2 aromatic heterocycles. The van der Waals surface area contributed by atoms with Crippen molar-refractivity contribution in [2.24, 2.45) is 0 Å². The van der Waals surface area contributed by atoms with E-state index in [-0.39, 0.29) is 0 Å². The fourth-order valence-electron chi connectivity index (χ4n) is 1.63. The lowest BCUT2D eigenvalue weighted by Crippen LogP contribution is -2.13. The maximum absolute atomic E-state index is 4.41. The minimum atomic E-state index is 0.671. The Labute approximate surface area is 112 Å². The molecule has 0 saturated carbocycles. The van der Waals surface area contributed by atoms with Gasteiger partial charge < -0.3 is 10.6 Å². The molecular weight excluding hydrogens is 242 g/mol. The maximum atomic E-state index is 4.41. The molecule has 7 heteroatoms. The van der Waals surface area contributed by atoms with E-state index in [4.69, 9.17) is 0 Å². The normalized spacial score (nSPS) is 10.4. The second-order valence-electron chi connectivity index (χ2n) is 4.24. The summed E-state index contributed by atoms with van der Waals surface area (Å²) in [5, 5.41) is 14.1. The van der Waals surface area contributed by atoms with Crippen LogP contribution in [-0.2, 0) is 6.54 Å². The van der Waals surface area contributed by atoms with Crippen molar-refractivity contribution in [3.63, 3.8) is 0 Å². The quantitative estimate of drug-likeness (QED) is 0.782. The van der Waals surface area contributed by atoms with Crippen LogP contribution in [0.5, 0.6) is 0 Å². The van der Waals surface area contributed by atoms with E-state index in [0.717, 1.165) is 37.6 Å². The van der Waals surface area contributed by atoms with Crippen molar-refractivity contribution in [2.75, 3.05) is 23.7 Å². The van der Waals surface area contributed by atoms with Crippen LogP contribution in [0.2, 0.25) is 0 Å². The third-order valence-electron chi connectivity index (χ3n) is 2.51. The zero-order valence-electron chi connectivity index (χ0n) is 11.3. The van der Waals surface area contributed by atoms with E-state index in [2.05, 4.69) is 37.8 Å². The summed E-state index contributed by atoms with van der Waals surface area (Å²) in [7, 11) is 0. The Morgan fingerprint density at radius 1 is 1.21 bits per heavy atom. The Kier molecular flexibility index (Phi) is 4.66. The third kappa shape index (κ3) is 4.20. The highest BCUT2D eigenvalue weighted by Crippen LogP contribution is 2.09. The Balaban J connectivity index is 1.90. The second-order valence-corrected chi connectivity index (χ2v) is 4.24. The van der Waals surface area contributed by atoms with Crippen LogP contribution < -0.4 is 10.6 Å². The van der Waals surface area contributed by atoms with E-state index in [0.29, 0.717) is 5.95 Å². The number of nitrogens with one attached hydrogen (secondary N) is 2. The summed E-state index contributed by atoms with van der Waals surface area (Å²) >= 11 is 0. The molecule has 102 valence electrons. The van der Waals surface area contributed by atoms with Crippen LogP contribution in [0.3, 0.4) is 0 Å². The lowest BCUT2D eigenvalue weighted by molar-refractivity contribution is 0.608. The SMILES string of the molecule is CCCNc1nc(C)cc(NCCn2ccnn2)n1. The summed E-state index contributed by atoms with van der Waals surface area (Å²) in [6.45, 7) is 6.44. The smallest absolute Gasteiger partial charge is 0.224 e. The molecule has 0 aromatic carbocycles. The number of aryl methyl sites for hydroxylation is 1. The molecule has 0 radical (unpaired) electrons. The molecule has 0 fully saturated rings. The first kappa shape index (κ1) is 13.3. The van der Waals surface area contributed by atoms with Gasteiger partial charge in [0, 0.05) is 31.0 Å². The van der Waals surface area contributed by atoms with E-state index >= 15 is 0 Å².